The fourth-order valence-electron chi connectivity index (χ4n) is 5.70. The van der Waals surface area contributed by atoms with E-state index in [1.54, 1.807) is 12.1 Å². The average Bonchev–Trinajstić information content (AvgIpc) is 3.71. The number of hydrogen-bond donors (Lipinski definition) is 2. The second-order valence-electron chi connectivity index (χ2n) is 9.97. The lowest BCUT2D eigenvalue weighted by Crippen LogP contribution is -2.32. The number of carbonyl (C=O) groups is 1. The minimum atomic E-state index is -0.754. The molecule has 3 aliphatic rings. The van der Waals surface area contributed by atoms with Crippen LogP contribution in [-0.2, 0) is 14.3 Å². The molecule has 2 N–H and O–H groups in total. The topological polar surface area (TPSA) is 85.5 Å². The molecule has 1 amide bonds. The Bertz CT molecular complexity index is 1520. The van der Waals surface area contributed by atoms with Crippen molar-refractivity contribution in [1.82, 2.24) is 15.3 Å². The number of aromatic amines is 1. The van der Waals surface area contributed by atoms with Crippen molar-refractivity contribution in [2.45, 2.75) is 37.1 Å². The molecule has 2 unspecified atom stereocenters. The zero-order chi connectivity index (χ0) is 25.8. The lowest BCUT2D eigenvalue weighted by Gasteiger charge is -2.15. The maximum Gasteiger partial charge on any atom is 0.295 e. The lowest BCUT2D eigenvalue weighted by molar-refractivity contribution is -0.120. The summed E-state index contributed by atoms with van der Waals surface area (Å²) in [4.78, 5) is 19.1. The Hall–Kier alpha value is -3.82. The molecule has 0 bridgehead atoms. The van der Waals surface area contributed by atoms with Gasteiger partial charge in [-0.25, -0.2) is 8.78 Å². The van der Waals surface area contributed by atoms with Crippen LogP contribution in [0, 0.1) is 11.6 Å². The molecular formula is C29H25F2N3O4. The van der Waals surface area contributed by atoms with E-state index in [-0.39, 0.29) is 52.7 Å². The summed E-state index contributed by atoms with van der Waals surface area (Å²) in [6, 6.07) is 16.2. The highest BCUT2D eigenvalue weighted by molar-refractivity contribution is 5.86. The van der Waals surface area contributed by atoms with Crippen molar-refractivity contribution < 1.29 is 27.8 Å². The number of amides is 1. The van der Waals surface area contributed by atoms with Crippen LogP contribution in [-0.4, -0.2) is 53.9 Å². The summed E-state index contributed by atoms with van der Waals surface area (Å²) in [6.45, 7) is 1.67. The quantitative estimate of drug-likeness (QED) is 0.401. The summed E-state index contributed by atoms with van der Waals surface area (Å²) in [5.74, 6) is -1.50. The molecular weight excluding hydrogens is 492 g/mol. The van der Waals surface area contributed by atoms with Crippen molar-refractivity contribution in [2.75, 3.05) is 19.8 Å². The molecule has 4 heterocycles. The number of imidazole rings is 1. The minimum Gasteiger partial charge on any atom is -0.456 e. The first-order valence-corrected chi connectivity index (χ1v) is 12.8. The van der Waals surface area contributed by atoms with Crippen LogP contribution in [0.5, 0.6) is 6.01 Å². The number of fused-ring (bicyclic) bond motifs is 2. The smallest absolute Gasteiger partial charge is 0.295 e. The zero-order valence-corrected chi connectivity index (χ0v) is 20.4. The summed E-state index contributed by atoms with van der Waals surface area (Å²) < 4.78 is 47.9. The first-order valence-electron chi connectivity index (χ1n) is 12.8. The zero-order valence-electron chi connectivity index (χ0n) is 20.4. The molecule has 0 saturated carbocycles. The van der Waals surface area contributed by atoms with Crippen LogP contribution in [0.2, 0.25) is 0 Å². The Kier molecular flexibility index (Phi) is 5.63. The van der Waals surface area contributed by atoms with E-state index in [0.717, 1.165) is 29.5 Å². The summed E-state index contributed by atoms with van der Waals surface area (Å²) in [5, 5.41) is 2.86. The predicted octanol–water partition coefficient (Wildman–Crippen LogP) is 4.71. The molecule has 3 saturated heterocycles. The van der Waals surface area contributed by atoms with Gasteiger partial charge in [0.2, 0.25) is 5.91 Å². The molecule has 38 heavy (non-hydrogen) atoms. The van der Waals surface area contributed by atoms with Gasteiger partial charge in [0, 0.05) is 19.2 Å². The van der Waals surface area contributed by atoms with Crippen LogP contribution in [0.15, 0.2) is 54.6 Å². The highest BCUT2D eigenvalue weighted by atomic mass is 19.1. The van der Waals surface area contributed by atoms with Gasteiger partial charge in [-0.15, -0.1) is 0 Å². The maximum atomic E-state index is 15.5. The maximum absolute atomic E-state index is 15.5. The van der Waals surface area contributed by atoms with E-state index in [4.69, 9.17) is 14.2 Å². The molecule has 0 aliphatic carbocycles. The Morgan fingerprint density at radius 2 is 1.68 bits per heavy atom. The van der Waals surface area contributed by atoms with Crippen LogP contribution < -0.4 is 10.1 Å². The van der Waals surface area contributed by atoms with Gasteiger partial charge in [0.1, 0.15) is 17.4 Å². The molecule has 1 aromatic heterocycles. The largest absolute Gasteiger partial charge is 0.456 e. The fraction of sp³-hybridized carbons (Fsp3) is 0.310. The van der Waals surface area contributed by atoms with Crippen molar-refractivity contribution >= 4 is 16.9 Å². The van der Waals surface area contributed by atoms with Crippen molar-refractivity contribution in [3.05, 3.63) is 71.8 Å². The molecule has 194 valence electrons. The van der Waals surface area contributed by atoms with E-state index in [2.05, 4.69) is 15.3 Å². The van der Waals surface area contributed by atoms with Crippen molar-refractivity contribution in [1.29, 1.82) is 0 Å². The molecule has 7 rings (SSSR count). The number of hydrogen-bond acceptors (Lipinski definition) is 5. The molecule has 3 fully saturated rings. The van der Waals surface area contributed by atoms with Gasteiger partial charge in [0.05, 0.1) is 29.7 Å². The van der Waals surface area contributed by atoms with Crippen LogP contribution >= 0.6 is 0 Å². The first-order chi connectivity index (χ1) is 18.5. The normalized spacial score (nSPS) is 24.6. The highest BCUT2D eigenvalue weighted by Crippen LogP contribution is 2.35. The third-order valence-corrected chi connectivity index (χ3v) is 7.70. The number of aromatic nitrogens is 2. The molecule has 4 atom stereocenters. The van der Waals surface area contributed by atoms with Crippen molar-refractivity contribution in [3.8, 4) is 28.3 Å². The number of rotatable bonds is 5. The van der Waals surface area contributed by atoms with Gasteiger partial charge in [-0.05, 0) is 35.1 Å². The van der Waals surface area contributed by atoms with Crippen LogP contribution in [0.1, 0.15) is 24.3 Å². The number of carbonyl (C=O) groups excluding carboxylic acids is 1. The van der Waals surface area contributed by atoms with E-state index in [1.807, 2.05) is 36.4 Å². The third-order valence-electron chi connectivity index (χ3n) is 7.70. The van der Waals surface area contributed by atoms with E-state index < -0.39 is 11.6 Å². The molecule has 3 aromatic carbocycles. The second kappa shape index (κ2) is 9.18. The van der Waals surface area contributed by atoms with Gasteiger partial charge in [0.15, 0.2) is 11.9 Å². The van der Waals surface area contributed by atoms with E-state index in [9.17, 15) is 4.79 Å². The fourth-order valence-corrected chi connectivity index (χ4v) is 5.70. The SMILES string of the molecule is O=C1NCCC1c1ccc(-c2ccc(-c3c(F)cc4[nH]c(OC5CO[C@@H]6CCO[C@H]56)nc4c3F)cc2)cc1. The molecule has 7 nitrogen and oxygen atoms in total. The monoisotopic (exact) mass is 517 g/mol. The van der Waals surface area contributed by atoms with E-state index in [0.29, 0.717) is 25.3 Å². The first kappa shape index (κ1) is 23.3. The number of halogens is 2. The minimum absolute atomic E-state index is 0.000121. The number of nitrogens with zero attached hydrogens (tertiary/aromatic N) is 1. The van der Waals surface area contributed by atoms with Gasteiger partial charge in [0.25, 0.3) is 6.01 Å². The molecule has 0 radical (unpaired) electrons. The number of H-pyrrole nitrogens is 1. The Labute approximate surface area is 217 Å². The lowest BCUT2D eigenvalue weighted by atomic mass is 9.94. The number of ether oxygens (including phenoxy) is 3. The van der Waals surface area contributed by atoms with Gasteiger partial charge in [-0.2, -0.15) is 4.98 Å². The molecule has 3 aliphatic heterocycles. The summed E-state index contributed by atoms with van der Waals surface area (Å²) >= 11 is 0. The Balaban J connectivity index is 1.14. The van der Waals surface area contributed by atoms with Crippen molar-refractivity contribution in [3.63, 3.8) is 0 Å². The summed E-state index contributed by atoms with van der Waals surface area (Å²) in [6.07, 6.45) is 1.07. The van der Waals surface area contributed by atoms with Gasteiger partial charge < -0.3 is 24.5 Å². The van der Waals surface area contributed by atoms with E-state index in [1.165, 1.54) is 6.07 Å². The van der Waals surface area contributed by atoms with Gasteiger partial charge in [-0.3, -0.25) is 4.79 Å². The number of benzene rings is 3. The van der Waals surface area contributed by atoms with Crippen molar-refractivity contribution in [2.24, 2.45) is 0 Å². The third kappa shape index (κ3) is 3.93. The number of nitrogens with one attached hydrogen (secondary N) is 2. The summed E-state index contributed by atoms with van der Waals surface area (Å²) in [7, 11) is 0. The van der Waals surface area contributed by atoms with E-state index >= 15 is 8.78 Å². The van der Waals surface area contributed by atoms with Crippen LogP contribution in [0.3, 0.4) is 0 Å². The van der Waals surface area contributed by atoms with Gasteiger partial charge >= 0.3 is 0 Å². The molecule has 9 heteroatoms. The van der Waals surface area contributed by atoms with Crippen LogP contribution in [0.4, 0.5) is 8.78 Å². The average molecular weight is 518 g/mol. The van der Waals surface area contributed by atoms with Crippen LogP contribution in [0.25, 0.3) is 33.3 Å². The second-order valence-corrected chi connectivity index (χ2v) is 9.97. The predicted molar refractivity (Wildman–Crippen MR) is 136 cm³/mol. The molecule has 0 spiro atoms. The Morgan fingerprint density at radius 3 is 2.42 bits per heavy atom. The highest BCUT2D eigenvalue weighted by Gasteiger charge is 2.43. The summed E-state index contributed by atoms with van der Waals surface area (Å²) in [5.41, 5.74) is 3.32. The molecule has 4 aromatic rings. The standard InChI is InChI=1S/C29H25F2N3O4/c30-20-13-21-26(34-29(33-21)38-23-14-37-22-10-12-36-27(22)23)25(31)24(20)18-7-3-16(4-8-18)15-1-5-17(6-2-15)19-9-11-32-28(19)35/h1-8,13,19,22-23,27H,9-12,14H2,(H,32,35)(H,33,34)/t19?,22-,23?,27+/m1/s1. The van der Waals surface area contributed by atoms with Gasteiger partial charge in [-0.1, -0.05) is 48.5 Å². The Morgan fingerprint density at radius 1 is 0.947 bits per heavy atom.